The van der Waals surface area contributed by atoms with Crippen LogP contribution in [0.1, 0.15) is 0 Å². The molecular weight excluding hydrogens is 266 g/mol. The van der Waals surface area contributed by atoms with Crippen LogP contribution in [0.2, 0.25) is 5.02 Å². The Labute approximate surface area is 123 Å². The highest BCUT2D eigenvalue weighted by atomic mass is 35.5. The van der Waals surface area contributed by atoms with Gasteiger partial charge in [-0.1, -0.05) is 66.2 Å². The third-order valence-electron chi connectivity index (χ3n) is 3.33. The Morgan fingerprint density at radius 1 is 0.600 bits per heavy atom. The summed E-state index contributed by atoms with van der Waals surface area (Å²) in [6.07, 6.45) is 0. The minimum atomic E-state index is 0.741. The van der Waals surface area contributed by atoms with Crippen molar-refractivity contribution in [1.82, 2.24) is 0 Å². The van der Waals surface area contributed by atoms with Crippen molar-refractivity contribution in [1.29, 1.82) is 0 Å². The molecule has 0 radical (unpaired) electrons. The van der Waals surface area contributed by atoms with Crippen LogP contribution in [0.4, 0.5) is 5.69 Å². The van der Waals surface area contributed by atoms with Gasteiger partial charge in [-0.05, 0) is 34.9 Å². The van der Waals surface area contributed by atoms with E-state index in [1.165, 1.54) is 0 Å². The number of nitrogen functional groups attached to an aromatic ring is 1. The van der Waals surface area contributed by atoms with Crippen LogP contribution in [0.3, 0.4) is 0 Å². The van der Waals surface area contributed by atoms with E-state index in [0.29, 0.717) is 0 Å². The predicted molar refractivity (Wildman–Crippen MR) is 86.7 cm³/mol. The summed E-state index contributed by atoms with van der Waals surface area (Å²) in [6.45, 7) is 0. The molecule has 0 fully saturated rings. The van der Waals surface area contributed by atoms with Gasteiger partial charge in [0.1, 0.15) is 0 Å². The van der Waals surface area contributed by atoms with E-state index in [2.05, 4.69) is 12.1 Å². The molecule has 0 saturated carbocycles. The maximum absolute atomic E-state index is 6.10. The highest BCUT2D eigenvalue weighted by molar-refractivity contribution is 6.30. The molecule has 0 aromatic heterocycles. The van der Waals surface area contributed by atoms with Crippen molar-refractivity contribution in [2.45, 2.75) is 0 Å². The second kappa shape index (κ2) is 5.40. The molecule has 0 saturated heterocycles. The monoisotopic (exact) mass is 279 g/mol. The van der Waals surface area contributed by atoms with Gasteiger partial charge in [-0.2, -0.15) is 0 Å². The number of para-hydroxylation sites is 1. The summed E-state index contributed by atoms with van der Waals surface area (Å²) in [5, 5.41) is 0.741. The molecule has 1 nitrogen and oxygen atoms in total. The minimum absolute atomic E-state index is 0.741. The maximum atomic E-state index is 6.10. The molecule has 2 heteroatoms. The molecule has 0 aliphatic carbocycles. The first-order valence-electron chi connectivity index (χ1n) is 6.45. The normalized spacial score (nSPS) is 10.4. The van der Waals surface area contributed by atoms with E-state index in [9.17, 15) is 0 Å². The molecule has 0 amide bonds. The van der Waals surface area contributed by atoms with Gasteiger partial charge in [0, 0.05) is 16.3 Å². The first-order chi connectivity index (χ1) is 9.75. The van der Waals surface area contributed by atoms with Gasteiger partial charge in [0.2, 0.25) is 0 Å². The summed E-state index contributed by atoms with van der Waals surface area (Å²) in [6, 6.07) is 24.0. The van der Waals surface area contributed by atoms with Crippen molar-refractivity contribution in [3.63, 3.8) is 0 Å². The molecule has 3 aromatic rings. The van der Waals surface area contributed by atoms with Crippen LogP contribution in [0.5, 0.6) is 0 Å². The Morgan fingerprint density at radius 3 is 1.80 bits per heavy atom. The summed E-state index contributed by atoms with van der Waals surface area (Å²) in [4.78, 5) is 0. The molecule has 0 spiro atoms. The summed E-state index contributed by atoms with van der Waals surface area (Å²) >= 11 is 5.96. The SMILES string of the molecule is Nc1ccccc1-c1ccccc1-c1ccc(Cl)cc1. The van der Waals surface area contributed by atoms with E-state index in [4.69, 9.17) is 17.3 Å². The van der Waals surface area contributed by atoms with Gasteiger partial charge in [0.05, 0.1) is 0 Å². The second-order valence-electron chi connectivity index (χ2n) is 4.64. The van der Waals surface area contributed by atoms with Crippen LogP contribution in [0.25, 0.3) is 22.3 Å². The molecule has 0 unspecified atom stereocenters. The molecule has 0 atom stereocenters. The number of halogens is 1. The van der Waals surface area contributed by atoms with E-state index in [1.54, 1.807) is 0 Å². The largest absolute Gasteiger partial charge is 0.398 e. The predicted octanol–water partition coefficient (Wildman–Crippen LogP) is 5.26. The van der Waals surface area contributed by atoms with Gasteiger partial charge in [0.25, 0.3) is 0 Å². The molecule has 2 N–H and O–H groups in total. The minimum Gasteiger partial charge on any atom is -0.398 e. The summed E-state index contributed by atoms with van der Waals surface area (Å²) < 4.78 is 0. The van der Waals surface area contributed by atoms with E-state index in [-0.39, 0.29) is 0 Å². The Balaban J connectivity index is 2.19. The molecule has 20 heavy (non-hydrogen) atoms. The number of hydrogen-bond donors (Lipinski definition) is 1. The third-order valence-corrected chi connectivity index (χ3v) is 3.59. The lowest BCUT2D eigenvalue weighted by Crippen LogP contribution is -1.91. The Kier molecular flexibility index (Phi) is 3.44. The molecule has 3 aromatic carbocycles. The van der Waals surface area contributed by atoms with Gasteiger partial charge < -0.3 is 5.73 Å². The van der Waals surface area contributed by atoms with Crippen LogP contribution in [0.15, 0.2) is 72.8 Å². The lowest BCUT2D eigenvalue weighted by Gasteiger charge is -2.12. The number of rotatable bonds is 2. The zero-order valence-corrected chi connectivity index (χ0v) is 11.6. The van der Waals surface area contributed by atoms with E-state index in [0.717, 1.165) is 33.0 Å². The third kappa shape index (κ3) is 2.40. The van der Waals surface area contributed by atoms with Crippen molar-refractivity contribution < 1.29 is 0 Å². The Bertz CT molecular complexity index is 732. The quantitative estimate of drug-likeness (QED) is 0.637. The molecular formula is C18H14ClN. The van der Waals surface area contributed by atoms with Crippen LogP contribution >= 0.6 is 11.6 Å². The summed E-state index contributed by atoms with van der Waals surface area (Å²) in [7, 11) is 0. The van der Waals surface area contributed by atoms with Gasteiger partial charge in [-0.15, -0.1) is 0 Å². The number of nitrogens with two attached hydrogens (primary N) is 1. The van der Waals surface area contributed by atoms with E-state index < -0.39 is 0 Å². The molecule has 0 bridgehead atoms. The van der Waals surface area contributed by atoms with Gasteiger partial charge in [-0.3, -0.25) is 0 Å². The molecule has 3 rings (SSSR count). The van der Waals surface area contributed by atoms with Crippen molar-refractivity contribution in [3.8, 4) is 22.3 Å². The van der Waals surface area contributed by atoms with Gasteiger partial charge in [0.15, 0.2) is 0 Å². The van der Waals surface area contributed by atoms with Crippen molar-refractivity contribution in [2.24, 2.45) is 0 Å². The summed E-state index contributed by atoms with van der Waals surface area (Å²) in [5.74, 6) is 0. The maximum Gasteiger partial charge on any atom is 0.0406 e. The highest BCUT2D eigenvalue weighted by Crippen LogP contribution is 2.35. The smallest absolute Gasteiger partial charge is 0.0406 e. The van der Waals surface area contributed by atoms with Crippen LogP contribution in [-0.2, 0) is 0 Å². The Hall–Kier alpha value is -2.25. The number of benzene rings is 3. The second-order valence-corrected chi connectivity index (χ2v) is 5.08. The van der Waals surface area contributed by atoms with Crippen LogP contribution in [-0.4, -0.2) is 0 Å². The van der Waals surface area contributed by atoms with E-state index >= 15 is 0 Å². The summed E-state index contributed by atoms with van der Waals surface area (Å²) in [5.41, 5.74) is 11.4. The fourth-order valence-corrected chi connectivity index (χ4v) is 2.47. The standard InChI is InChI=1S/C18H14ClN/c19-14-11-9-13(10-12-14)15-5-1-2-6-16(15)17-7-3-4-8-18(17)20/h1-12H,20H2. The van der Waals surface area contributed by atoms with Crippen molar-refractivity contribution in [3.05, 3.63) is 77.8 Å². The topological polar surface area (TPSA) is 26.0 Å². The van der Waals surface area contributed by atoms with Crippen LogP contribution < -0.4 is 5.73 Å². The molecule has 0 aliphatic rings. The first-order valence-corrected chi connectivity index (χ1v) is 6.83. The molecule has 98 valence electrons. The average molecular weight is 280 g/mol. The molecule has 0 aliphatic heterocycles. The fraction of sp³-hybridized carbons (Fsp3) is 0. The Morgan fingerprint density at radius 2 is 1.15 bits per heavy atom. The van der Waals surface area contributed by atoms with E-state index in [1.807, 2.05) is 60.7 Å². The fourth-order valence-electron chi connectivity index (χ4n) is 2.34. The van der Waals surface area contributed by atoms with Gasteiger partial charge >= 0.3 is 0 Å². The average Bonchev–Trinajstić information content (AvgIpc) is 2.49. The number of hydrogen-bond acceptors (Lipinski definition) is 1. The zero-order chi connectivity index (χ0) is 13.9. The zero-order valence-electron chi connectivity index (χ0n) is 10.9. The van der Waals surface area contributed by atoms with Crippen molar-refractivity contribution >= 4 is 17.3 Å². The number of anilines is 1. The molecule has 0 heterocycles. The van der Waals surface area contributed by atoms with Gasteiger partial charge in [-0.25, -0.2) is 0 Å². The first kappa shape index (κ1) is 12.8. The van der Waals surface area contributed by atoms with Crippen LogP contribution in [0, 0.1) is 0 Å². The highest BCUT2D eigenvalue weighted by Gasteiger charge is 2.08. The van der Waals surface area contributed by atoms with Crippen molar-refractivity contribution in [2.75, 3.05) is 5.73 Å². The lowest BCUT2D eigenvalue weighted by molar-refractivity contribution is 1.58. The lowest BCUT2D eigenvalue weighted by atomic mass is 9.94.